The van der Waals surface area contributed by atoms with Crippen LogP contribution < -0.4 is 16.0 Å². The SMILES string of the molecule is CCCC(=O)Nc1cccc(NC(=O)CNc2cccc(C)c2C)c1. The smallest absolute Gasteiger partial charge is 0.243 e. The van der Waals surface area contributed by atoms with E-state index >= 15 is 0 Å². The van der Waals surface area contributed by atoms with Crippen molar-refractivity contribution in [2.45, 2.75) is 33.6 Å². The van der Waals surface area contributed by atoms with Gasteiger partial charge in [-0.05, 0) is 55.7 Å². The number of nitrogens with one attached hydrogen (secondary N) is 3. The van der Waals surface area contributed by atoms with Crippen LogP contribution in [0.2, 0.25) is 0 Å². The molecule has 0 bridgehead atoms. The van der Waals surface area contributed by atoms with Crippen LogP contribution in [-0.2, 0) is 9.59 Å². The summed E-state index contributed by atoms with van der Waals surface area (Å²) in [7, 11) is 0. The standard InChI is InChI=1S/C20H25N3O2/c1-4-7-19(24)22-16-9-6-10-17(12-16)23-20(25)13-21-18-11-5-8-14(2)15(18)3/h5-6,8-12,21H,4,7,13H2,1-3H3,(H,22,24)(H,23,25). The summed E-state index contributed by atoms with van der Waals surface area (Å²) in [6.07, 6.45) is 1.28. The lowest BCUT2D eigenvalue weighted by Crippen LogP contribution is -2.22. The minimum absolute atomic E-state index is 0.0254. The first-order valence-corrected chi connectivity index (χ1v) is 8.49. The molecule has 0 unspecified atom stereocenters. The zero-order valence-corrected chi connectivity index (χ0v) is 15.0. The van der Waals surface area contributed by atoms with Crippen molar-refractivity contribution in [3.05, 3.63) is 53.6 Å². The van der Waals surface area contributed by atoms with Crippen molar-refractivity contribution >= 4 is 28.9 Å². The summed E-state index contributed by atoms with van der Waals surface area (Å²) in [6, 6.07) is 13.1. The highest BCUT2D eigenvalue weighted by molar-refractivity contribution is 5.95. The van der Waals surface area contributed by atoms with Crippen LogP contribution in [0.5, 0.6) is 0 Å². The van der Waals surface area contributed by atoms with E-state index in [9.17, 15) is 9.59 Å². The van der Waals surface area contributed by atoms with E-state index in [2.05, 4.69) is 16.0 Å². The Balaban J connectivity index is 1.92. The number of amides is 2. The first-order valence-electron chi connectivity index (χ1n) is 8.49. The second-order valence-corrected chi connectivity index (χ2v) is 6.03. The molecule has 2 amide bonds. The molecule has 5 nitrogen and oxygen atoms in total. The van der Waals surface area contributed by atoms with Gasteiger partial charge in [-0.2, -0.15) is 0 Å². The molecule has 0 aliphatic carbocycles. The Morgan fingerprint density at radius 1 is 0.920 bits per heavy atom. The Labute approximate surface area is 148 Å². The maximum Gasteiger partial charge on any atom is 0.243 e. The highest BCUT2D eigenvalue weighted by atomic mass is 16.2. The average molecular weight is 339 g/mol. The van der Waals surface area contributed by atoms with Gasteiger partial charge in [0.1, 0.15) is 0 Å². The molecule has 0 spiro atoms. The van der Waals surface area contributed by atoms with E-state index < -0.39 is 0 Å². The largest absolute Gasteiger partial charge is 0.376 e. The monoisotopic (exact) mass is 339 g/mol. The number of rotatable bonds is 7. The molecular weight excluding hydrogens is 314 g/mol. The van der Waals surface area contributed by atoms with Crippen LogP contribution in [0.1, 0.15) is 30.9 Å². The second kappa shape index (κ2) is 8.87. The lowest BCUT2D eigenvalue weighted by Gasteiger charge is -2.12. The fourth-order valence-electron chi connectivity index (χ4n) is 2.45. The molecule has 132 valence electrons. The summed E-state index contributed by atoms with van der Waals surface area (Å²) in [5, 5.41) is 8.82. The maximum atomic E-state index is 12.2. The van der Waals surface area contributed by atoms with Crippen molar-refractivity contribution in [3.8, 4) is 0 Å². The van der Waals surface area contributed by atoms with Crippen LogP contribution in [-0.4, -0.2) is 18.4 Å². The van der Waals surface area contributed by atoms with E-state index in [0.29, 0.717) is 17.8 Å². The summed E-state index contributed by atoms with van der Waals surface area (Å²) in [4.78, 5) is 23.8. The van der Waals surface area contributed by atoms with Crippen LogP contribution in [0, 0.1) is 13.8 Å². The van der Waals surface area contributed by atoms with Gasteiger partial charge < -0.3 is 16.0 Å². The van der Waals surface area contributed by atoms with Gasteiger partial charge in [0.25, 0.3) is 0 Å². The predicted octanol–water partition coefficient (Wildman–Crippen LogP) is 4.09. The van der Waals surface area contributed by atoms with Gasteiger partial charge in [0.2, 0.25) is 11.8 Å². The Hall–Kier alpha value is -2.82. The molecule has 0 aromatic heterocycles. The van der Waals surface area contributed by atoms with E-state index in [4.69, 9.17) is 0 Å². The highest BCUT2D eigenvalue weighted by Crippen LogP contribution is 2.18. The third-order valence-corrected chi connectivity index (χ3v) is 3.95. The van der Waals surface area contributed by atoms with Crippen LogP contribution in [0.25, 0.3) is 0 Å². The summed E-state index contributed by atoms with van der Waals surface area (Å²) in [5.74, 6) is -0.166. The molecule has 3 N–H and O–H groups in total. The van der Waals surface area contributed by atoms with Crippen molar-refractivity contribution in [2.75, 3.05) is 22.5 Å². The van der Waals surface area contributed by atoms with E-state index in [1.165, 1.54) is 5.56 Å². The van der Waals surface area contributed by atoms with Crippen molar-refractivity contribution in [2.24, 2.45) is 0 Å². The molecule has 0 fully saturated rings. The number of anilines is 3. The summed E-state index contributed by atoms with van der Waals surface area (Å²) < 4.78 is 0. The molecule has 0 heterocycles. The van der Waals surface area contributed by atoms with Gasteiger partial charge in [-0.1, -0.05) is 25.1 Å². The van der Waals surface area contributed by atoms with Gasteiger partial charge in [-0.15, -0.1) is 0 Å². The van der Waals surface area contributed by atoms with Crippen LogP contribution in [0.3, 0.4) is 0 Å². The number of benzene rings is 2. The molecular formula is C20H25N3O2. The summed E-state index contributed by atoms with van der Waals surface area (Å²) >= 11 is 0. The fourth-order valence-corrected chi connectivity index (χ4v) is 2.45. The predicted molar refractivity (Wildman–Crippen MR) is 103 cm³/mol. The normalized spacial score (nSPS) is 10.2. The van der Waals surface area contributed by atoms with E-state index in [1.807, 2.05) is 39.0 Å². The van der Waals surface area contributed by atoms with Crippen molar-refractivity contribution in [1.29, 1.82) is 0 Å². The molecule has 0 atom stereocenters. The third kappa shape index (κ3) is 5.64. The number of carbonyl (C=O) groups is 2. The van der Waals surface area contributed by atoms with Gasteiger partial charge in [-0.3, -0.25) is 9.59 Å². The highest BCUT2D eigenvalue weighted by Gasteiger charge is 2.06. The summed E-state index contributed by atoms with van der Waals surface area (Å²) in [6.45, 7) is 6.20. The second-order valence-electron chi connectivity index (χ2n) is 6.03. The molecule has 0 aliphatic rings. The molecule has 2 aromatic carbocycles. The quantitative estimate of drug-likeness (QED) is 0.711. The van der Waals surface area contributed by atoms with E-state index in [1.54, 1.807) is 24.3 Å². The van der Waals surface area contributed by atoms with Gasteiger partial charge >= 0.3 is 0 Å². The van der Waals surface area contributed by atoms with Gasteiger partial charge in [0.15, 0.2) is 0 Å². The number of carbonyl (C=O) groups excluding carboxylic acids is 2. The van der Waals surface area contributed by atoms with Gasteiger partial charge in [0, 0.05) is 23.5 Å². The van der Waals surface area contributed by atoms with E-state index in [0.717, 1.165) is 17.7 Å². The molecule has 2 aromatic rings. The van der Waals surface area contributed by atoms with Crippen LogP contribution >= 0.6 is 0 Å². The molecule has 0 saturated carbocycles. The molecule has 5 heteroatoms. The fraction of sp³-hybridized carbons (Fsp3) is 0.300. The third-order valence-electron chi connectivity index (χ3n) is 3.95. The zero-order valence-electron chi connectivity index (χ0n) is 15.0. The number of hydrogen-bond donors (Lipinski definition) is 3. The van der Waals surface area contributed by atoms with E-state index in [-0.39, 0.29) is 18.4 Å². The Kier molecular flexibility index (Phi) is 6.57. The molecule has 25 heavy (non-hydrogen) atoms. The molecule has 0 saturated heterocycles. The summed E-state index contributed by atoms with van der Waals surface area (Å²) in [5.41, 5.74) is 4.60. The molecule has 0 radical (unpaired) electrons. The number of aryl methyl sites for hydroxylation is 1. The Morgan fingerprint density at radius 2 is 1.56 bits per heavy atom. The topological polar surface area (TPSA) is 70.2 Å². The van der Waals surface area contributed by atoms with Gasteiger partial charge in [-0.25, -0.2) is 0 Å². The first-order chi connectivity index (χ1) is 12.0. The van der Waals surface area contributed by atoms with Crippen molar-refractivity contribution in [1.82, 2.24) is 0 Å². The molecule has 2 rings (SSSR count). The lowest BCUT2D eigenvalue weighted by molar-refractivity contribution is -0.116. The first kappa shape index (κ1) is 18.5. The molecule has 0 aliphatic heterocycles. The Bertz CT molecular complexity index is 756. The van der Waals surface area contributed by atoms with Crippen molar-refractivity contribution in [3.63, 3.8) is 0 Å². The minimum atomic E-state index is -0.141. The maximum absolute atomic E-state index is 12.2. The Morgan fingerprint density at radius 3 is 2.24 bits per heavy atom. The lowest BCUT2D eigenvalue weighted by atomic mass is 10.1. The van der Waals surface area contributed by atoms with Crippen LogP contribution in [0.15, 0.2) is 42.5 Å². The zero-order chi connectivity index (χ0) is 18.2. The number of hydrogen-bond acceptors (Lipinski definition) is 3. The van der Waals surface area contributed by atoms with Crippen LogP contribution in [0.4, 0.5) is 17.1 Å². The average Bonchev–Trinajstić information content (AvgIpc) is 2.56. The minimum Gasteiger partial charge on any atom is -0.376 e. The van der Waals surface area contributed by atoms with Crippen molar-refractivity contribution < 1.29 is 9.59 Å². The van der Waals surface area contributed by atoms with Gasteiger partial charge in [0.05, 0.1) is 6.54 Å².